The van der Waals surface area contributed by atoms with Gasteiger partial charge in [-0.25, -0.2) is 0 Å². The van der Waals surface area contributed by atoms with Gasteiger partial charge in [-0.05, 0) is 24.3 Å². The minimum atomic E-state index is -4.16. The second kappa shape index (κ2) is 4.72. The molecule has 0 atom stereocenters. The Kier molecular flexibility index (Phi) is 3.27. The lowest BCUT2D eigenvalue weighted by Crippen LogP contribution is -2.14. The van der Waals surface area contributed by atoms with E-state index in [1.54, 1.807) is 30.5 Å². The summed E-state index contributed by atoms with van der Waals surface area (Å²) in [6.45, 7) is -0.181. The molecule has 0 unspecified atom stereocenters. The highest BCUT2D eigenvalue weighted by atomic mass is 19.4. The smallest absolute Gasteiger partial charge is 0.390 e. The van der Waals surface area contributed by atoms with E-state index in [1.165, 1.54) is 0 Å². The average molecular weight is 255 g/mol. The first-order valence-corrected chi connectivity index (χ1v) is 5.41. The van der Waals surface area contributed by atoms with Gasteiger partial charge in [0.15, 0.2) is 0 Å². The number of alkyl halides is 3. The number of rotatable bonds is 3. The molecule has 2 aromatic rings. The number of halogens is 3. The predicted molar refractivity (Wildman–Crippen MR) is 65.3 cm³/mol. The van der Waals surface area contributed by atoms with E-state index in [2.05, 4.69) is 10.3 Å². The Balaban J connectivity index is 2.21. The highest BCUT2D eigenvalue weighted by Gasteiger charge is 2.26. The molecular formula is C12H12F3N3. The van der Waals surface area contributed by atoms with E-state index in [0.29, 0.717) is 16.9 Å². The van der Waals surface area contributed by atoms with Crippen molar-refractivity contribution in [1.29, 1.82) is 0 Å². The van der Waals surface area contributed by atoms with Gasteiger partial charge in [-0.2, -0.15) is 13.2 Å². The van der Waals surface area contributed by atoms with Crippen LogP contribution in [0.5, 0.6) is 0 Å². The van der Waals surface area contributed by atoms with Crippen molar-refractivity contribution in [3.05, 3.63) is 30.5 Å². The zero-order chi connectivity index (χ0) is 13.2. The Hall–Kier alpha value is -1.98. The molecule has 0 aliphatic rings. The Morgan fingerprint density at radius 2 is 2.00 bits per heavy atom. The number of nitrogens with zero attached hydrogens (tertiary/aromatic N) is 1. The molecule has 0 saturated carbocycles. The van der Waals surface area contributed by atoms with Crippen LogP contribution in [0.1, 0.15) is 6.42 Å². The summed E-state index contributed by atoms with van der Waals surface area (Å²) in [4.78, 5) is 4.13. The maximum atomic E-state index is 12.1. The molecule has 0 amide bonds. The number of aromatic nitrogens is 1. The van der Waals surface area contributed by atoms with E-state index < -0.39 is 12.6 Å². The number of nitrogens with two attached hydrogens (primary N) is 1. The third-order valence-electron chi connectivity index (χ3n) is 2.53. The number of nitrogens with one attached hydrogen (secondary N) is 1. The third-order valence-corrected chi connectivity index (χ3v) is 2.53. The topological polar surface area (TPSA) is 50.9 Å². The first-order valence-electron chi connectivity index (χ1n) is 5.41. The van der Waals surface area contributed by atoms with E-state index in [1.807, 2.05) is 0 Å². The first-order chi connectivity index (χ1) is 8.47. The summed E-state index contributed by atoms with van der Waals surface area (Å²) in [6.07, 6.45) is -3.47. The molecule has 1 aromatic heterocycles. The van der Waals surface area contributed by atoms with Crippen LogP contribution in [0, 0.1) is 0 Å². The van der Waals surface area contributed by atoms with E-state index in [4.69, 9.17) is 5.73 Å². The van der Waals surface area contributed by atoms with E-state index >= 15 is 0 Å². The van der Waals surface area contributed by atoms with Gasteiger partial charge in [-0.3, -0.25) is 4.98 Å². The van der Waals surface area contributed by atoms with Gasteiger partial charge in [0.1, 0.15) is 0 Å². The molecule has 0 spiro atoms. The molecule has 0 radical (unpaired) electrons. The quantitative estimate of drug-likeness (QED) is 0.828. The highest BCUT2D eigenvalue weighted by molar-refractivity contribution is 5.98. The van der Waals surface area contributed by atoms with Gasteiger partial charge in [0, 0.05) is 23.8 Å². The Labute approximate surface area is 102 Å². The summed E-state index contributed by atoms with van der Waals surface area (Å²) >= 11 is 0. The molecule has 0 bridgehead atoms. The molecule has 0 aliphatic heterocycles. The second-order valence-electron chi connectivity index (χ2n) is 3.89. The van der Waals surface area contributed by atoms with Gasteiger partial charge in [0.05, 0.1) is 17.6 Å². The van der Waals surface area contributed by atoms with Gasteiger partial charge in [0.25, 0.3) is 0 Å². The Morgan fingerprint density at radius 1 is 1.22 bits per heavy atom. The van der Waals surface area contributed by atoms with Gasteiger partial charge in [0.2, 0.25) is 0 Å². The fourth-order valence-electron chi connectivity index (χ4n) is 1.68. The standard InChI is InChI=1S/C12H12F3N3/c13-12(14,15)5-7-17-10-4-3-9(16)8-2-1-6-18-11(8)10/h1-4,6,17H,5,7,16H2. The fourth-order valence-corrected chi connectivity index (χ4v) is 1.68. The molecule has 0 fully saturated rings. The Morgan fingerprint density at radius 3 is 2.72 bits per heavy atom. The minimum absolute atomic E-state index is 0.181. The summed E-state index contributed by atoms with van der Waals surface area (Å²) in [5.41, 5.74) is 7.47. The van der Waals surface area contributed by atoms with Crippen LogP contribution >= 0.6 is 0 Å². The fraction of sp³-hybridized carbons (Fsp3) is 0.250. The molecule has 0 aliphatic carbocycles. The molecule has 1 heterocycles. The van der Waals surface area contributed by atoms with Crippen LogP contribution in [-0.2, 0) is 0 Å². The molecular weight excluding hydrogens is 243 g/mol. The first kappa shape index (κ1) is 12.5. The van der Waals surface area contributed by atoms with Gasteiger partial charge in [-0.15, -0.1) is 0 Å². The third kappa shape index (κ3) is 2.82. The van der Waals surface area contributed by atoms with Gasteiger partial charge < -0.3 is 11.1 Å². The summed E-state index contributed by atoms with van der Waals surface area (Å²) in [7, 11) is 0. The SMILES string of the molecule is Nc1ccc(NCCC(F)(F)F)c2ncccc12. The number of fused-ring (bicyclic) bond motifs is 1. The largest absolute Gasteiger partial charge is 0.398 e. The summed E-state index contributed by atoms with van der Waals surface area (Å²) in [5.74, 6) is 0. The lowest BCUT2D eigenvalue weighted by Gasteiger charge is -2.11. The maximum absolute atomic E-state index is 12.1. The van der Waals surface area contributed by atoms with Crippen molar-refractivity contribution in [2.24, 2.45) is 0 Å². The van der Waals surface area contributed by atoms with E-state index in [-0.39, 0.29) is 6.54 Å². The lowest BCUT2D eigenvalue weighted by atomic mass is 10.1. The lowest BCUT2D eigenvalue weighted by molar-refractivity contribution is -0.131. The average Bonchev–Trinajstić information content (AvgIpc) is 2.31. The van der Waals surface area contributed by atoms with Crippen molar-refractivity contribution in [2.45, 2.75) is 12.6 Å². The number of pyridine rings is 1. The normalized spacial score (nSPS) is 11.7. The maximum Gasteiger partial charge on any atom is 0.390 e. The molecule has 1 aromatic carbocycles. The van der Waals surface area contributed by atoms with Crippen LogP contribution in [-0.4, -0.2) is 17.7 Å². The van der Waals surface area contributed by atoms with E-state index in [9.17, 15) is 13.2 Å². The van der Waals surface area contributed by atoms with Crippen molar-refractivity contribution in [1.82, 2.24) is 4.98 Å². The monoisotopic (exact) mass is 255 g/mol. The van der Waals surface area contributed by atoms with Crippen LogP contribution < -0.4 is 11.1 Å². The molecule has 3 N–H and O–H groups in total. The number of nitrogen functional groups attached to an aromatic ring is 1. The summed E-state index contributed by atoms with van der Waals surface area (Å²) in [5, 5.41) is 3.46. The van der Waals surface area contributed by atoms with Crippen molar-refractivity contribution < 1.29 is 13.2 Å². The zero-order valence-corrected chi connectivity index (χ0v) is 9.46. The zero-order valence-electron chi connectivity index (χ0n) is 9.46. The van der Waals surface area contributed by atoms with Crippen LogP contribution in [0.25, 0.3) is 10.9 Å². The molecule has 2 rings (SSSR count). The molecule has 18 heavy (non-hydrogen) atoms. The predicted octanol–water partition coefficient (Wildman–Crippen LogP) is 3.18. The summed E-state index contributed by atoms with van der Waals surface area (Å²) < 4.78 is 36.2. The van der Waals surface area contributed by atoms with Crippen molar-refractivity contribution in [3.8, 4) is 0 Å². The van der Waals surface area contributed by atoms with Crippen molar-refractivity contribution in [2.75, 3.05) is 17.6 Å². The Bertz CT molecular complexity index is 552. The second-order valence-corrected chi connectivity index (χ2v) is 3.89. The molecule has 3 nitrogen and oxygen atoms in total. The van der Waals surface area contributed by atoms with Gasteiger partial charge in [-0.1, -0.05) is 0 Å². The molecule has 96 valence electrons. The van der Waals surface area contributed by atoms with E-state index in [0.717, 1.165) is 5.39 Å². The minimum Gasteiger partial charge on any atom is -0.398 e. The molecule has 0 saturated heterocycles. The van der Waals surface area contributed by atoms with Crippen molar-refractivity contribution >= 4 is 22.3 Å². The van der Waals surface area contributed by atoms with Crippen LogP contribution in [0.15, 0.2) is 30.5 Å². The number of hydrogen-bond acceptors (Lipinski definition) is 3. The number of hydrogen-bond donors (Lipinski definition) is 2. The number of benzene rings is 1. The highest BCUT2D eigenvalue weighted by Crippen LogP contribution is 2.27. The van der Waals surface area contributed by atoms with Crippen molar-refractivity contribution in [3.63, 3.8) is 0 Å². The van der Waals surface area contributed by atoms with Crippen LogP contribution in [0.3, 0.4) is 0 Å². The van der Waals surface area contributed by atoms with Crippen LogP contribution in [0.4, 0.5) is 24.5 Å². The van der Waals surface area contributed by atoms with Gasteiger partial charge >= 0.3 is 6.18 Å². The number of anilines is 2. The molecule has 6 heteroatoms. The summed E-state index contributed by atoms with van der Waals surface area (Å²) in [6, 6.07) is 6.81. The van der Waals surface area contributed by atoms with Crippen LogP contribution in [0.2, 0.25) is 0 Å².